The minimum Gasteiger partial charge on any atom is -0.359 e. The van der Waals surface area contributed by atoms with Crippen molar-refractivity contribution in [2.75, 3.05) is 16.8 Å². The van der Waals surface area contributed by atoms with Crippen LogP contribution < -0.4 is 15.5 Å². The van der Waals surface area contributed by atoms with Crippen LogP contribution in [0, 0.1) is 17.7 Å². The lowest BCUT2D eigenvalue weighted by atomic mass is 9.96. The highest BCUT2D eigenvalue weighted by Crippen LogP contribution is 2.44. The average Bonchev–Trinajstić information content (AvgIpc) is 3.26. The van der Waals surface area contributed by atoms with E-state index >= 15 is 0 Å². The number of hydrogen-bond donors (Lipinski definition) is 2. The number of halogens is 1. The van der Waals surface area contributed by atoms with E-state index < -0.39 is 0 Å². The Bertz CT molecular complexity index is 680. The Labute approximate surface area is 146 Å². The number of anilines is 2. The SMILES string of the molecule is O=C1CCCN1c1cc(NC(=S)NC2CC3CCC2C3)ccc1F. The van der Waals surface area contributed by atoms with E-state index in [1.807, 2.05) is 0 Å². The number of nitrogens with zero attached hydrogens (tertiary/aromatic N) is 1. The highest BCUT2D eigenvalue weighted by Gasteiger charge is 2.39. The molecule has 2 saturated carbocycles. The number of benzene rings is 1. The quantitative estimate of drug-likeness (QED) is 0.823. The number of rotatable bonds is 3. The van der Waals surface area contributed by atoms with Crippen LogP contribution in [0.25, 0.3) is 0 Å². The van der Waals surface area contributed by atoms with E-state index in [2.05, 4.69) is 10.6 Å². The van der Waals surface area contributed by atoms with Crippen molar-refractivity contribution in [3.05, 3.63) is 24.0 Å². The molecule has 0 spiro atoms. The van der Waals surface area contributed by atoms with Gasteiger partial charge in [-0.25, -0.2) is 4.39 Å². The van der Waals surface area contributed by atoms with Crippen LogP contribution in [0.2, 0.25) is 0 Å². The van der Waals surface area contributed by atoms with Gasteiger partial charge in [0.1, 0.15) is 5.82 Å². The van der Waals surface area contributed by atoms with E-state index in [1.165, 1.54) is 36.6 Å². The number of fused-ring (bicyclic) bond motifs is 2. The summed E-state index contributed by atoms with van der Waals surface area (Å²) < 4.78 is 14.1. The summed E-state index contributed by atoms with van der Waals surface area (Å²) in [5.41, 5.74) is 1.05. The summed E-state index contributed by atoms with van der Waals surface area (Å²) in [6, 6.07) is 5.19. The van der Waals surface area contributed by atoms with Crippen LogP contribution in [0.4, 0.5) is 15.8 Å². The van der Waals surface area contributed by atoms with Gasteiger partial charge in [-0.3, -0.25) is 4.79 Å². The van der Waals surface area contributed by atoms with Crippen LogP contribution in [0.1, 0.15) is 38.5 Å². The summed E-state index contributed by atoms with van der Waals surface area (Å²) in [7, 11) is 0. The molecule has 6 heteroatoms. The van der Waals surface area contributed by atoms with Crippen molar-refractivity contribution in [1.82, 2.24) is 5.32 Å². The van der Waals surface area contributed by atoms with E-state index in [4.69, 9.17) is 12.2 Å². The van der Waals surface area contributed by atoms with E-state index in [1.54, 1.807) is 12.1 Å². The van der Waals surface area contributed by atoms with Crippen LogP contribution in [0.3, 0.4) is 0 Å². The number of thiocarbonyl (C=S) groups is 1. The third-order valence-electron chi connectivity index (χ3n) is 5.62. The molecule has 0 radical (unpaired) electrons. The number of hydrogen-bond acceptors (Lipinski definition) is 2. The van der Waals surface area contributed by atoms with Crippen molar-refractivity contribution in [2.24, 2.45) is 11.8 Å². The second-order valence-electron chi connectivity index (χ2n) is 7.19. The van der Waals surface area contributed by atoms with Crippen LogP contribution in [-0.4, -0.2) is 23.6 Å². The highest BCUT2D eigenvalue weighted by atomic mass is 32.1. The molecule has 3 aliphatic rings. The van der Waals surface area contributed by atoms with Crippen LogP contribution in [-0.2, 0) is 4.79 Å². The topological polar surface area (TPSA) is 44.4 Å². The van der Waals surface area contributed by atoms with E-state index in [9.17, 15) is 9.18 Å². The summed E-state index contributed by atoms with van der Waals surface area (Å²) in [4.78, 5) is 13.4. The molecule has 4 rings (SSSR count). The molecular formula is C18H22FN3OS. The molecule has 24 heavy (non-hydrogen) atoms. The largest absolute Gasteiger partial charge is 0.359 e. The minimum atomic E-state index is -0.372. The number of amides is 1. The third-order valence-corrected chi connectivity index (χ3v) is 5.84. The number of nitrogens with one attached hydrogen (secondary N) is 2. The smallest absolute Gasteiger partial charge is 0.227 e. The summed E-state index contributed by atoms with van der Waals surface area (Å²) in [5.74, 6) is 1.20. The summed E-state index contributed by atoms with van der Waals surface area (Å²) in [6.45, 7) is 0.576. The zero-order valence-electron chi connectivity index (χ0n) is 13.6. The van der Waals surface area contributed by atoms with Gasteiger partial charge in [0.05, 0.1) is 5.69 Å². The third kappa shape index (κ3) is 2.99. The molecule has 3 fully saturated rings. The minimum absolute atomic E-state index is 0.0197. The van der Waals surface area contributed by atoms with E-state index in [-0.39, 0.29) is 11.7 Å². The zero-order valence-corrected chi connectivity index (χ0v) is 14.4. The van der Waals surface area contributed by atoms with Gasteiger partial charge in [-0.2, -0.15) is 0 Å². The molecule has 1 aromatic carbocycles. The van der Waals surface area contributed by atoms with Gasteiger partial charge in [0, 0.05) is 24.7 Å². The molecule has 0 aromatic heterocycles. The Morgan fingerprint density at radius 2 is 2.17 bits per heavy atom. The van der Waals surface area contributed by atoms with Gasteiger partial charge in [0.15, 0.2) is 5.11 Å². The number of carbonyl (C=O) groups is 1. The van der Waals surface area contributed by atoms with Crippen molar-refractivity contribution in [3.8, 4) is 0 Å². The standard InChI is InChI=1S/C18H22FN3OS/c19-14-6-5-13(10-16(14)22-7-1-2-17(22)23)20-18(24)21-15-9-11-3-4-12(15)8-11/h5-6,10-12,15H,1-4,7-9H2,(H2,20,21,24). The molecule has 1 aromatic rings. The second-order valence-corrected chi connectivity index (χ2v) is 7.60. The van der Waals surface area contributed by atoms with Gasteiger partial charge in [-0.15, -0.1) is 0 Å². The number of carbonyl (C=O) groups excluding carboxylic acids is 1. The molecule has 2 aliphatic carbocycles. The lowest BCUT2D eigenvalue weighted by molar-refractivity contribution is -0.117. The molecule has 1 amide bonds. The van der Waals surface area contributed by atoms with Crippen molar-refractivity contribution in [2.45, 2.75) is 44.6 Å². The predicted octanol–water partition coefficient (Wildman–Crippen LogP) is 3.43. The Balaban J connectivity index is 1.42. The molecule has 1 aliphatic heterocycles. The first kappa shape index (κ1) is 15.8. The van der Waals surface area contributed by atoms with Crippen LogP contribution in [0.5, 0.6) is 0 Å². The average molecular weight is 347 g/mol. The Morgan fingerprint density at radius 1 is 1.29 bits per heavy atom. The Kier molecular flexibility index (Phi) is 4.16. The Hall–Kier alpha value is -1.69. The first-order chi connectivity index (χ1) is 11.6. The normalized spacial score (nSPS) is 28.5. The molecule has 2 N–H and O–H groups in total. The van der Waals surface area contributed by atoms with Crippen molar-refractivity contribution in [1.29, 1.82) is 0 Å². The van der Waals surface area contributed by atoms with E-state index in [0.717, 1.165) is 18.3 Å². The molecular weight excluding hydrogens is 325 g/mol. The molecule has 2 bridgehead atoms. The maximum atomic E-state index is 14.1. The fourth-order valence-corrected chi connectivity index (χ4v) is 4.73. The maximum absolute atomic E-state index is 14.1. The first-order valence-corrected chi connectivity index (χ1v) is 9.18. The monoisotopic (exact) mass is 347 g/mol. The molecule has 3 unspecified atom stereocenters. The lowest BCUT2D eigenvalue weighted by Crippen LogP contribution is -2.40. The van der Waals surface area contributed by atoms with Gasteiger partial charge < -0.3 is 15.5 Å². The van der Waals surface area contributed by atoms with Gasteiger partial charge in [0.25, 0.3) is 0 Å². The molecule has 128 valence electrons. The second kappa shape index (κ2) is 6.31. The Morgan fingerprint density at radius 3 is 2.83 bits per heavy atom. The van der Waals surface area contributed by atoms with Gasteiger partial charge >= 0.3 is 0 Å². The fraction of sp³-hybridized carbons (Fsp3) is 0.556. The first-order valence-electron chi connectivity index (χ1n) is 8.77. The zero-order chi connectivity index (χ0) is 16.7. The summed E-state index contributed by atoms with van der Waals surface area (Å²) in [6.07, 6.45) is 6.43. The molecule has 1 saturated heterocycles. The van der Waals surface area contributed by atoms with Gasteiger partial charge in [-0.05, 0) is 67.9 Å². The maximum Gasteiger partial charge on any atom is 0.227 e. The van der Waals surface area contributed by atoms with Gasteiger partial charge in [-0.1, -0.05) is 6.42 Å². The predicted molar refractivity (Wildman–Crippen MR) is 96.6 cm³/mol. The van der Waals surface area contributed by atoms with Crippen LogP contribution in [0.15, 0.2) is 18.2 Å². The van der Waals surface area contributed by atoms with E-state index in [0.29, 0.717) is 35.5 Å². The highest BCUT2D eigenvalue weighted by molar-refractivity contribution is 7.80. The van der Waals surface area contributed by atoms with Crippen molar-refractivity contribution >= 4 is 34.6 Å². The van der Waals surface area contributed by atoms with Gasteiger partial charge in [0.2, 0.25) is 5.91 Å². The summed E-state index contributed by atoms with van der Waals surface area (Å²) in [5, 5.41) is 7.15. The van der Waals surface area contributed by atoms with Crippen molar-refractivity contribution in [3.63, 3.8) is 0 Å². The lowest BCUT2D eigenvalue weighted by Gasteiger charge is -2.25. The molecule has 1 heterocycles. The molecule has 3 atom stereocenters. The summed E-state index contributed by atoms with van der Waals surface area (Å²) >= 11 is 5.43. The van der Waals surface area contributed by atoms with Crippen molar-refractivity contribution < 1.29 is 9.18 Å². The fourth-order valence-electron chi connectivity index (χ4n) is 4.46. The van der Waals surface area contributed by atoms with Crippen LogP contribution >= 0.6 is 12.2 Å². The molecule has 4 nitrogen and oxygen atoms in total.